The van der Waals surface area contributed by atoms with E-state index in [1.807, 2.05) is 0 Å². The van der Waals surface area contributed by atoms with Gasteiger partial charge in [0.2, 0.25) is 0 Å². The molecule has 1 fully saturated rings. The molecular weight excluding hydrogens is 370 g/mol. The molecule has 1 heterocycles. The van der Waals surface area contributed by atoms with Crippen LogP contribution in [0.2, 0.25) is 4.34 Å². The second-order valence-electron chi connectivity index (χ2n) is 5.28. The van der Waals surface area contributed by atoms with E-state index in [2.05, 4.69) is 27.6 Å². The molecule has 1 aliphatic rings. The van der Waals surface area contributed by atoms with E-state index < -0.39 is 10.0 Å². The fraction of sp³-hybridized carbons (Fsp3) is 0.667. The summed E-state index contributed by atoms with van der Waals surface area (Å²) in [6.45, 7) is 2.17. The van der Waals surface area contributed by atoms with Crippen molar-refractivity contribution in [1.29, 1.82) is 0 Å². The van der Waals surface area contributed by atoms with Crippen LogP contribution in [0.4, 0.5) is 0 Å². The second kappa shape index (κ2) is 6.02. The Morgan fingerprint density at radius 2 is 2.32 bits per heavy atom. The van der Waals surface area contributed by atoms with Gasteiger partial charge in [-0.05, 0) is 30.9 Å². The lowest BCUT2D eigenvalue weighted by molar-refractivity contribution is 0.242. The molecule has 7 heteroatoms. The number of thiophene rings is 1. The molecule has 1 aromatic heterocycles. The van der Waals surface area contributed by atoms with Crippen molar-refractivity contribution >= 4 is 48.9 Å². The third kappa shape index (κ3) is 3.73. The highest BCUT2D eigenvalue weighted by Gasteiger charge is 2.38. The molecule has 1 aliphatic carbocycles. The van der Waals surface area contributed by atoms with E-state index in [-0.39, 0.29) is 9.75 Å². The van der Waals surface area contributed by atoms with Crippen molar-refractivity contribution < 1.29 is 8.42 Å². The molecule has 0 bridgehead atoms. The molecule has 2 unspecified atom stereocenters. The Bertz CT molecular complexity index is 546. The summed E-state index contributed by atoms with van der Waals surface area (Å²) in [5.41, 5.74) is -0.368. The van der Waals surface area contributed by atoms with E-state index in [4.69, 9.17) is 11.6 Å². The molecule has 0 aliphatic heterocycles. The summed E-state index contributed by atoms with van der Waals surface area (Å²) in [6.07, 6.45) is 3.97. The van der Waals surface area contributed by atoms with E-state index in [1.54, 1.807) is 12.1 Å². The normalized spacial score (nSPS) is 28.5. The molecule has 1 aromatic rings. The maximum absolute atomic E-state index is 12.4. The lowest BCUT2D eigenvalue weighted by Crippen LogP contribution is -2.52. The summed E-state index contributed by atoms with van der Waals surface area (Å²) in [7, 11) is -3.48. The largest absolute Gasteiger partial charge is 0.250 e. The highest BCUT2D eigenvalue weighted by Crippen LogP contribution is 2.35. The Kier molecular flexibility index (Phi) is 4.99. The van der Waals surface area contributed by atoms with Gasteiger partial charge in [-0.2, -0.15) is 0 Å². The predicted molar refractivity (Wildman–Crippen MR) is 83.8 cm³/mol. The first kappa shape index (κ1) is 15.8. The van der Waals surface area contributed by atoms with Crippen LogP contribution in [-0.2, 0) is 10.0 Å². The van der Waals surface area contributed by atoms with E-state index in [9.17, 15) is 8.42 Å². The van der Waals surface area contributed by atoms with Crippen molar-refractivity contribution in [2.75, 3.05) is 5.33 Å². The highest BCUT2D eigenvalue weighted by molar-refractivity contribution is 9.09. The number of rotatable bonds is 4. The number of halogens is 2. The van der Waals surface area contributed by atoms with Gasteiger partial charge < -0.3 is 0 Å². The maximum atomic E-state index is 12.4. The van der Waals surface area contributed by atoms with Crippen molar-refractivity contribution in [3.8, 4) is 0 Å². The summed E-state index contributed by atoms with van der Waals surface area (Å²) < 4.78 is 28.5. The van der Waals surface area contributed by atoms with Crippen LogP contribution in [0.15, 0.2) is 16.3 Å². The zero-order valence-corrected chi connectivity index (χ0v) is 14.6. The number of nitrogens with one attached hydrogen (secondary N) is 1. The van der Waals surface area contributed by atoms with E-state index >= 15 is 0 Å². The first-order valence-electron chi connectivity index (χ1n) is 6.22. The van der Waals surface area contributed by atoms with Gasteiger partial charge in [0, 0.05) is 10.9 Å². The van der Waals surface area contributed by atoms with Crippen molar-refractivity contribution in [1.82, 2.24) is 4.72 Å². The monoisotopic (exact) mass is 385 g/mol. The molecule has 0 radical (unpaired) electrons. The molecule has 1 N–H and O–H groups in total. The van der Waals surface area contributed by atoms with Gasteiger partial charge in [0.1, 0.15) is 4.21 Å². The fourth-order valence-corrected chi connectivity index (χ4v) is 6.44. The molecule has 108 valence electrons. The summed E-state index contributed by atoms with van der Waals surface area (Å²) in [5.74, 6) is 0.543. The lowest BCUT2D eigenvalue weighted by atomic mass is 9.78. The van der Waals surface area contributed by atoms with Crippen LogP contribution in [0.25, 0.3) is 0 Å². The highest BCUT2D eigenvalue weighted by atomic mass is 79.9. The average molecular weight is 387 g/mol. The van der Waals surface area contributed by atoms with Crippen molar-refractivity contribution in [2.24, 2.45) is 5.92 Å². The van der Waals surface area contributed by atoms with E-state index in [0.29, 0.717) is 15.6 Å². The molecule has 0 saturated heterocycles. The summed E-state index contributed by atoms with van der Waals surface area (Å²) in [4.78, 5) is 0. The van der Waals surface area contributed by atoms with Gasteiger partial charge in [-0.25, -0.2) is 13.1 Å². The minimum absolute atomic E-state index is 0.288. The van der Waals surface area contributed by atoms with Gasteiger partial charge in [-0.15, -0.1) is 11.3 Å². The van der Waals surface area contributed by atoms with Crippen molar-refractivity contribution in [3.05, 3.63) is 16.5 Å². The van der Waals surface area contributed by atoms with Gasteiger partial charge in [0.15, 0.2) is 0 Å². The maximum Gasteiger partial charge on any atom is 0.250 e. The number of alkyl halides is 1. The van der Waals surface area contributed by atoms with Crippen LogP contribution >= 0.6 is 38.9 Å². The lowest BCUT2D eigenvalue weighted by Gasteiger charge is -2.39. The standard InChI is InChI=1S/C12H17BrClNO2S2/c1-9-3-2-6-12(7-9,8-13)15-19(16,17)11-5-4-10(14)18-11/h4-5,9,15H,2-3,6-8H2,1H3. The molecule has 2 rings (SSSR count). The zero-order chi connectivity index (χ0) is 14.1. The van der Waals surface area contributed by atoms with Crippen molar-refractivity contribution in [2.45, 2.75) is 42.4 Å². The third-order valence-electron chi connectivity index (χ3n) is 3.51. The van der Waals surface area contributed by atoms with E-state index in [0.717, 1.165) is 30.6 Å². The quantitative estimate of drug-likeness (QED) is 0.794. The Hall–Kier alpha value is 0.380. The minimum Gasteiger partial charge on any atom is -0.206 e. The first-order valence-corrected chi connectivity index (χ1v) is 10.0. The Labute approximate surface area is 131 Å². The minimum atomic E-state index is -3.48. The second-order valence-corrected chi connectivity index (χ2v) is 9.46. The number of hydrogen-bond donors (Lipinski definition) is 1. The van der Waals surface area contributed by atoms with Crippen LogP contribution < -0.4 is 4.72 Å². The van der Waals surface area contributed by atoms with Gasteiger partial charge in [0.05, 0.1) is 4.34 Å². The molecule has 3 nitrogen and oxygen atoms in total. The molecular formula is C12H17BrClNO2S2. The first-order chi connectivity index (χ1) is 8.87. The van der Waals surface area contributed by atoms with Gasteiger partial charge in [-0.1, -0.05) is 47.3 Å². The summed E-state index contributed by atoms with van der Waals surface area (Å²) in [5, 5.41) is 0.642. The Morgan fingerprint density at radius 3 is 2.84 bits per heavy atom. The molecule has 1 saturated carbocycles. The molecule has 0 spiro atoms. The molecule has 2 atom stereocenters. The number of sulfonamides is 1. The predicted octanol–water partition coefficient (Wildman–Crippen LogP) is 4.02. The topological polar surface area (TPSA) is 46.2 Å². The SMILES string of the molecule is CC1CCCC(CBr)(NS(=O)(=O)c2ccc(Cl)s2)C1. The average Bonchev–Trinajstić information content (AvgIpc) is 2.76. The fourth-order valence-electron chi connectivity index (χ4n) is 2.68. The van der Waals surface area contributed by atoms with Crippen LogP contribution in [0, 0.1) is 5.92 Å². The van der Waals surface area contributed by atoms with Gasteiger partial charge >= 0.3 is 0 Å². The van der Waals surface area contributed by atoms with Crippen LogP contribution in [0.3, 0.4) is 0 Å². The molecule has 19 heavy (non-hydrogen) atoms. The smallest absolute Gasteiger partial charge is 0.206 e. The van der Waals surface area contributed by atoms with Crippen molar-refractivity contribution in [3.63, 3.8) is 0 Å². The number of hydrogen-bond acceptors (Lipinski definition) is 3. The van der Waals surface area contributed by atoms with Crippen LogP contribution in [-0.4, -0.2) is 19.3 Å². The molecule has 0 amide bonds. The summed E-state index contributed by atoms with van der Waals surface area (Å²) >= 11 is 10.4. The van der Waals surface area contributed by atoms with Crippen LogP contribution in [0.1, 0.15) is 32.6 Å². The van der Waals surface area contributed by atoms with Gasteiger partial charge in [0.25, 0.3) is 10.0 Å². The zero-order valence-electron chi connectivity index (χ0n) is 10.7. The Balaban J connectivity index is 2.22. The van der Waals surface area contributed by atoms with Gasteiger partial charge in [-0.3, -0.25) is 0 Å². The third-order valence-corrected chi connectivity index (χ3v) is 7.89. The molecule has 0 aromatic carbocycles. The van der Waals surface area contributed by atoms with Crippen LogP contribution in [0.5, 0.6) is 0 Å². The summed E-state index contributed by atoms with van der Waals surface area (Å²) in [6, 6.07) is 3.18. The van der Waals surface area contributed by atoms with E-state index in [1.165, 1.54) is 6.42 Å². The Morgan fingerprint density at radius 1 is 1.58 bits per heavy atom.